The molecule has 0 unspecified atom stereocenters. The predicted octanol–water partition coefficient (Wildman–Crippen LogP) is 5.82. The summed E-state index contributed by atoms with van der Waals surface area (Å²) >= 11 is 3.40. The molecule has 0 radical (unpaired) electrons. The average molecular weight is 463 g/mol. The molecule has 7 heteroatoms. The summed E-state index contributed by atoms with van der Waals surface area (Å²) in [6.07, 6.45) is 0. The molecule has 2 aromatic heterocycles. The zero-order chi connectivity index (χ0) is 22.7. The highest BCUT2D eigenvalue weighted by molar-refractivity contribution is 7.98. The Labute approximate surface area is 197 Å². The highest BCUT2D eigenvalue weighted by Crippen LogP contribution is 2.25. The summed E-state index contributed by atoms with van der Waals surface area (Å²) in [6.45, 7) is 6.58. The number of aromatic nitrogens is 3. The van der Waals surface area contributed by atoms with Gasteiger partial charge in [0.1, 0.15) is 0 Å². The second-order valence-corrected chi connectivity index (χ2v) is 9.84. The van der Waals surface area contributed by atoms with Crippen molar-refractivity contribution >= 4 is 29.0 Å². The van der Waals surface area contributed by atoms with E-state index in [0.717, 1.165) is 44.0 Å². The Balaban J connectivity index is 1.42. The van der Waals surface area contributed by atoms with Gasteiger partial charge < -0.3 is 4.90 Å². The van der Waals surface area contributed by atoms with E-state index < -0.39 is 0 Å². The van der Waals surface area contributed by atoms with Gasteiger partial charge in [0.25, 0.3) is 5.91 Å². The van der Waals surface area contributed by atoms with Gasteiger partial charge in [-0.1, -0.05) is 18.2 Å². The maximum absolute atomic E-state index is 13.0. The van der Waals surface area contributed by atoms with E-state index in [1.165, 1.54) is 0 Å². The molecule has 0 aliphatic rings. The Hall–Kier alpha value is -2.90. The van der Waals surface area contributed by atoms with Crippen molar-refractivity contribution in [3.63, 3.8) is 0 Å². The van der Waals surface area contributed by atoms with Crippen molar-refractivity contribution in [2.45, 2.75) is 38.0 Å². The van der Waals surface area contributed by atoms with E-state index in [1.807, 2.05) is 80.2 Å². The van der Waals surface area contributed by atoms with Crippen molar-refractivity contribution in [1.29, 1.82) is 0 Å². The third-order valence-corrected chi connectivity index (χ3v) is 7.21. The van der Waals surface area contributed by atoms with Crippen molar-refractivity contribution in [3.05, 3.63) is 93.2 Å². The predicted molar refractivity (Wildman–Crippen MR) is 132 cm³/mol. The number of nitrogens with zero attached hydrogens (tertiary/aromatic N) is 4. The van der Waals surface area contributed by atoms with Crippen LogP contribution in [-0.4, -0.2) is 32.6 Å². The maximum atomic E-state index is 13.0. The molecular formula is C25H26N4OS2. The van der Waals surface area contributed by atoms with Crippen LogP contribution in [0.4, 0.5) is 0 Å². The maximum Gasteiger partial charge on any atom is 0.253 e. The lowest BCUT2D eigenvalue weighted by molar-refractivity contribution is 0.0784. The third-order valence-electron chi connectivity index (χ3n) is 5.34. The summed E-state index contributed by atoms with van der Waals surface area (Å²) in [7, 11) is 1.84. The van der Waals surface area contributed by atoms with Crippen molar-refractivity contribution in [1.82, 2.24) is 19.7 Å². The molecule has 164 valence electrons. The smallest absolute Gasteiger partial charge is 0.253 e. The molecule has 5 nitrogen and oxygen atoms in total. The molecule has 1 amide bonds. The molecule has 0 aliphatic heterocycles. The molecular weight excluding hydrogens is 436 g/mol. The van der Waals surface area contributed by atoms with E-state index in [2.05, 4.69) is 17.3 Å². The van der Waals surface area contributed by atoms with Gasteiger partial charge in [0.15, 0.2) is 0 Å². The number of thiazole rings is 1. The van der Waals surface area contributed by atoms with Crippen LogP contribution >= 0.6 is 23.1 Å². The summed E-state index contributed by atoms with van der Waals surface area (Å²) in [5.74, 6) is 0.838. The Morgan fingerprint density at radius 3 is 2.44 bits per heavy atom. The molecule has 0 atom stereocenters. The number of carbonyl (C=O) groups is 1. The molecule has 0 aliphatic carbocycles. The lowest BCUT2D eigenvalue weighted by atomic mass is 10.1. The van der Waals surface area contributed by atoms with E-state index in [-0.39, 0.29) is 5.91 Å². The Morgan fingerprint density at radius 2 is 1.78 bits per heavy atom. The van der Waals surface area contributed by atoms with Crippen molar-refractivity contribution in [2.24, 2.45) is 0 Å². The first-order valence-electron chi connectivity index (χ1n) is 10.4. The Kier molecular flexibility index (Phi) is 6.77. The van der Waals surface area contributed by atoms with Crippen LogP contribution in [0.2, 0.25) is 0 Å². The van der Waals surface area contributed by atoms with Crippen LogP contribution in [-0.2, 0) is 12.3 Å². The third kappa shape index (κ3) is 4.95. The minimum Gasteiger partial charge on any atom is -0.337 e. The normalized spacial score (nSPS) is 11.0. The van der Waals surface area contributed by atoms with Crippen LogP contribution in [0.1, 0.15) is 38.0 Å². The number of hydrogen-bond donors (Lipinski definition) is 0. The van der Waals surface area contributed by atoms with Crippen LogP contribution in [0.25, 0.3) is 5.69 Å². The first-order chi connectivity index (χ1) is 15.4. The quantitative estimate of drug-likeness (QED) is 0.325. The first kappa shape index (κ1) is 22.3. The van der Waals surface area contributed by atoms with Gasteiger partial charge in [0, 0.05) is 46.4 Å². The number of thioether (sulfide) groups is 1. The molecule has 0 bridgehead atoms. The summed E-state index contributed by atoms with van der Waals surface area (Å²) < 4.78 is 1.94. The number of para-hydroxylation sites is 1. The van der Waals surface area contributed by atoms with Gasteiger partial charge in [-0.05, 0) is 57.2 Å². The van der Waals surface area contributed by atoms with E-state index >= 15 is 0 Å². The number of carbonyl (C=O) groups excluding carboxylic acids is 1. The van der Waals surface area contributed by atoms with E-state index in [4.69, 9.17) is 5.10 Å². The highest BCUT2D eigenvalue weighted by Gasteiger charge is 2.18. The summed E-state index contributed by atoms with van der Waals surface area (Å²) in [5, 5.41) is 7.88. The number of hydrogen-bond acceptors (Lipinski definition) is 5. The largest absolute Gasteiger partial charge is 0.337 e. The molecule has 2 aromatic carbocycles. The SMILES string of the molecule is Cc1nc(CSc2ccc(C(=O)N(C)Cc3c(C)nn(-c4ccccc4)c3C)cc2)cs1. The molecule has 32 heavy (non-hydrogen) atoms. The van der Waals surface area contributed by atoms with E-state index in [0.29, 0.717) is 12.1 Å². The molecule has 4 rings (SSSR count). The summed E-state index contributed by atoms with van der Waals surface area (Å²) in [4.78, 5) is 20.4. The lowest BCUT2D eigenvalue weighted by Gasteiger charge is -2.18. The molecule has 0 fully saturated rings. The Bertz CT molecular complexity index is 1210. The van der Waals surface area contributed by atoms with Crippen molar-refractivity contribution < 1.29 is 4.79 Å². The number of aryl methyl sites for hydroxylation is 2. The molecule has 2 heterocycles. The topological polar surface area (TPSA) is 51.0 Å². The molecule has 0 N–H and O–H groups in total. The van der Waals surface area contributed by atoms with Crippen molar-refractivity contribution in [2.75, 3.05) is 7.05 Å². The summed E-state index contributed by atoms with van der Waals surface area (Å²) in [5.41, 5.74) is 5.88. The van der Waals surface area contributed by atoms with E-state index in [9.17, 15) is 4.79 Å². The number of benzene rings is 2. The highest BCUT2D eigenvalue weighted by atomic mass is 32.2. The van der Waals surface area contributed by atoms with Gasteiger partial charge in [-0.25, -0.2) is 9.67 Å². The first-order valence-corrected chi connectivity index (χ1v) is 12.3. The monoisotopic (exact) mass is 462 g/mol. The van der Waals surface area contributed by atoms with Crippen LogP contribution in [0.15, 0.2) is 64.9 Å². The zero-order valence-corrected chi connectivity index (χ0v) is 20.3. The molecule has 0 spiro atoms. The standard InChI is InChI=1S/C25H26N4OS2/c1-17-24(18(2)29(27-17)22-8-6-5-7-9-22)14-28(4)25(30)20-10-12-23(13-11-20)32-16-21-15-31-19(3)26-21/h5-13,15H,14,16H2,1-4H3. The van der Waals surface area contributed by atoms with Gasteiger partial charge >= 0.3 is 0 Å². The average Bonchev–Trinajstić information content (AvgIpc) is 3.35. The fraction of sp³-hybridized carbons (Fsp3) is 0.240. The molecule has 4 aromatic rings. The van der Waals surface area contributed by atoms with Crippen LogP contribution < -0.4 is 0 Å². The minimum atomic E-state index is 0.00272. The number of rotatable bonds is 7. The molecule has 0 saturated heterocycles. The van der Waals surface area contributed by atoms with Gasteiger partial charge in [-0.2, -0.15) is 5.10 Å². The zero-order valence-electron chi connectivity index (χ0n) is 18.7. The van der Waals surface area contributed by atoms with Crippen LogP contribution in [0, 0.1) is 20.8 Å². The van der Waals surface area contributed by atoms with E-state index in [1.54, 1.807) is 28.0 Å². The van der Waals surface area contributed by atoms with Crippen LogP contribution in [0.3, 0.4) is 0 Å². The number of amides is 1. The second-order valence-electron chi connectivity index (χ2n) is 7.73. The van der Waals surface area contributed by atoms with Gasteiger partial charge in [-0.3, -0.25) is 4.79 Å². The van der Waals surface area contributed by atoms with Gasteiger partial charge in [0.05, 0.1) is 22.1 Å². The molecule has 0 saturated carbocycles. The fourth-order valence-corrected chi connectivity index (χ4v) is 5.09. The lowest BCUT2D eigenvalue weighted by Crippen LogP contribution is -2.26. The minimum absolute atomic E-state index is 0.00272. The Morgan fingerprint density at radius 1 is 1.06 bits per heavy atom. The van der Waals surface area contributed by atoms with Crippen LogP contribution in [0.5, 0.6) is 0 Å². The van der Waals surface area contributed by atoms with Crippen molar-refractivity contribution in [3.8, 4) is 5.69 Å². The second kappa shape index (κ2) is 9.71. The van der Waals surface area contributed by atoms with Gasteiger partial charge in [-0.15, -0.1) is 23.1 Å². The van der Waals surface area contributed by atoms with Gasteiger partial charge in [0.2, 0.25) is 0 Å². The fourth-order valence-electron chi connectivity index (χ4n) is 3.58. The summed E-state index contributed by atoms with van der Waals surface area (Å²) in [6, 6.07) is 17.9.